The van der Waals surface area contributed by atoms with Crippen molar-refractivity contribution in [3.8, 4) is 0 Å². The highest BCUT2D eigenvalue weighted by Crippen LogP contribution is 2.17. The molecule has 0 atom stereocenters. The summed E-state index contributed by atoms with van der Waals surface area (Å²) >= 11 is 0. The van der Waals surface area contributed by atoms with Crippen molar-refractivity contribution < 1.29 is 4.52 Å². The van der Waals surface area contributed by atoms with Gasteiger partial charge in [-0.25, -0.2) is 9.97 Å². The molecule has 0 aliphatic carbocycles. The quantitative estimate of drug-likeness (QED) is 0.851. The van der Waals surface area contributed by atoms with Crippen LogP contribution in [0.5, 0.6) is 0 Å². The van der Waals surface area contributed by atoms with E-state index in [0.717, 1.165) is 17.5 Å². The zero-order valence-corrected chi connectivity index (χ0v) is 11.6. The molecular weight excluding hydrogens is 244 g/mol. The minimum atomic E-state index is 0.263. The first-order valence-electron chi connectivity index (χ1n) is 6.18. The predicted molar refractivity (Wildman–Crippen MR) is 72.0 cm³/mol. The Morgan fingerprint density at radius 2 is 1.95 bits per heavy atom. The van der Waals surface area contributed by atoms with Crippen LogP contribution in [0.15, 0.2) is 10.6 Å². The van der Waals surface area contributed by atoms with Crippen LogP contribution >= 0.6 is 0 Å². The first kappa shape index (κ1) is 13.3. The molecule has 2 rings (SSSR count). The van der Waals surface area contributed by atoms with E-state index in [0.29, 0.717) is 18.3 Å². The summed E-state index contributed by atoms with van der Waals surface area (Å²) in [7, 11) is 1.83. The van der Waals surface area contributed by atoms with E-state index in [-0.39, 0.29) is 5.92 Å². The fourth-order valence-corrected chi connectivity index (χ4v) is 1.52. The molecule has 0 aliphatic heterocycles. The summed E-state index contributed by atoms with van der Waals surface area (Å²) in [6.07, 6.45) is 0. The van der Waals surface area contributed by atoms with Crippen molar-refractivity contribution in [2.24, 2.45) is 0 Å². The second kappa shape index (κ2) is 5.64. The molecule has 0 spiro atoms. The average molecular weight is 262 g/mol. The molecule has 0 amide bonds. The standard InChI is InChI=1S/C12H18N6O/c1-7(2)12-16-9(13-4)5-10(17-12)14-6-11-15-8(3)18-19-11/h5,7H,6H2,1-4H3,(H2,13,14,16,17). The van der Waals surface area contributed by atoms with E-state index in [4.69, 9.17) is 4.52 Å². The fourth-order valence-electron chi connectivity index (χ4n) is 1.52. The molecule has 0 aliphatic rings. The summed E-state index contributed by atoms with van der Waals surface area (Å²) in [6, 6.07) is 1.84. The van der Waals surface area contributed by atoms with Crippen molar-refractivity contribution in [3.05, 3.63) is 23.6 Å². The normalized spacial score (nSPS) is 10.8. The Morgan fingerprint density at radius 3 is 2.53 bits per heavy atom. The van der Waals surface area contributed by atoms with E-state index in [1.54, 1.807) is 6.92 Å². The van der Waals surface area contributed by atoms with E-state index in [9.17, 15) is 0 Å². The van der Waals surface area contributed by atoms with Gasteiger partial charge in [-0.15, -0.1) is 0 Å². The Bertz CT molecular complexity index is 551. The maximum atomic E-state index is 5.04. The Kier molecular flexibility index (Phi) is 3.94. The Labute approximate surface area is 111 Å². The summed E-state index contributed by atoms with van der Waals surface area (Å²) in [5, 5.41) is 9.92. The zero-order chi connectivity index (χ0) is 13.8. The number of anilines is 2. The number of aromatic nitrogens is 4. The molecule has 0 saturated carbocycles. The van der Waals surface area contributed by atoms with Gasteiger partial charge in [0, 0.05) is 19.0 Å². The summed E-state index contributed by atoms with van der Waals surface area (Å²) in [5.74, 6) is 3.73. The highest BCUT2D eigenvalue weighted by atomic mass is 16.5. The van der Waals surface area contributed by atoms with Crippen LogP contribution in [0.3, 0.4) is 0 Å². The van der Waals surface area contributed by atoms with Gasteiger partial charge in [-0.3, -0.25) is 0 Å². The second-order valence-corrected chi connectivity index (χ2v) is 4.49. The van der Waals surface area contributed by atoms with Crippen molar-refractivity contribution in [2.75, 3.05) is 17.7 Å². The number of rotatable bonds is 5. The van der Waals surface area contributed by atoms with Gasteiger partial charge < -0.3 is 15.2 Å². The zero-order valence-electron chi connectivity index (χ0n) is 11.6. The van der Waals surface area contributed by atoms with Crippen molar-refractivity contribution in [1.82, 2.24) is 20.1 Å². The molecule has 7 nitrogen and oxygen atoms in total. The largest absolute Gasteiger partial charge is 0.373 e. The SMILES string of the molecule is CNc1cc(NCc2nc(C)no2)nc(C(C)C)n1. The smallest absolute Gasteiger partial charge is 0.245 e. The molecule has 19 heavy (non-hydrogen) atoms. The molecule has 2 aromatic rings. The van der Waals surface area contributed by atoms with Gasteiger partial charge in [0.2, 0.25) is 5.89 Å². The lowest BCUT2D eigenvalue weighted by atomic mass is 10.2. The number of hydrogen-bond acceptors (Lipinski definition) is 7. The molecule has 0 unspecified atom stereocenters. The lowest BCUT2D eigenvalue weighted by Gasteiger charge is -2.10. The van der Waals surface area contributed by atoms with E-state index < -0.39 is 0 Å². The van der Waals surface area contributed by atoms with Gasteiger partial charge >= 0.3 is 0 Å². The lowest BCUT2D eigenvalue weighted by Crippen LogP contribution is -2.07. The third kappa shape index (κ3) is 3.40. The molecular formula is C12H18N6O. The molecule has 0 fully saturated rings. The van der Waals surface area contributed by atoms with E-state index in [2.05, 4.69) is 44.6 Å². The van der Waals surface area contributed by atoms with Gasteiger partial charge in [0.15, 0.2) is 5.82 Å². The number of hydrogen-bond donors (Lipinski definition) is 2. The lowest BCUT2D eigenvalue weighted by molar-refractivity contribution is 0.379. The van der Waals surface area contributed by atoms with E-state index in [1.807, 2.05) is 13.1 Å². The first-order valence-corrected chi connectivity index (χ1v) is 6.18. The van der Waals surface area contributed by atoms with Crippen molar-refractivity contribution >= 4 is 11.6 Å². The molecule has 0 aromatic carbocycles. The van der Waals surface area contributed by atoms with Gasteiger partial charge in [0.1, 0.15) is 17.5 Å². The van der Waals surface area contributed by atoms with Crippen LogP contribution in [0.4, 0.5) is 11.6 Å². The molecule has 2 aromatic heterocycles. The second-order valence-electron chi connectivity index (χ2n) is 4.49. The number of nitrogens with one attached hydrogen (secondary N) is 2. The van der Waals surface area contributed by atoms with Crippen LogP contribution in [0.25, 0.3) is 0 Å². The maximum absolute atomic E-state index is 5.04. The predicted octanol–water partition coefficient (Wildman–Crippen LogP) is 1.95. The summed E-state index contributed by atoms with van der Waals surface area (Å²) in [6.45, 7) is 6.34. The molecule has 7 heteroatoms. The molecule has 2 N–H and O–H groups in total. The third-order valence-corrected chi connectivity index (χ3v) is 2.51. The summed E-state index contributed by atoms with van der Waals surface area (Å²) in [5.41, 5.74) is 0. The van der Waals surface area contributed by atoms with Gasteiger partial charge in [0.05, 0.1) is 6.54 Å². The van der Waals surface area contributed by atoms with Gasteiger partial charge in [-0.05, 0) is 6.92 Å². The first-order chi connectivity index (χ1) is 9.08. The van der Waals surface area contributed by atoms with Gasteiger partial charge in [-0.2, -0.15) is 4.98 Å². The maximum Gasteiger partial charge on any atom is 0.245 e. The molecule has 0 saturated heterocycles. The summed E-state index contributed by atoms with van der Waals surface area (Å²) in [4.78, 5) is 13.0. The van der Waals surface area contributed by atoms with Crippen LogP contribution < -0.4 is 10.6 Å². The van der Waals surface area contributed by atoms with E-state index in [1.165, 1.54) is 0 Å². The molecule has 2 heterocycles. The van der Waals surface area contributed by atoms with Crippen LogP contribution in [0, 0.1) is 6.92 Å². The molecule has 0 radical (unpaired) electrons. The van der Waals surface area contributed by atoms with E-state index >= 15 is 0 Å². The highest BCUT2D eigenvalue weighted by Gasteiger charge is 2.08. The van der Waals surface area contributed by atoms with Crippen molar-refractivity contribution in [3.63, 3.8) is 0 Å². The Hall–Kier alpha value is -2.18. The highest BCUT2D eigenvalue weighted by molar-refractivity contribution is 5.47. The van der Waals surface area contributed by atoms with Crippen LogP contribution in [0.1, 0.15) is 37.3 Å². The third-order valence-electron chi connectivity index (χ3n) is 2.51. The van der Waals surface area contributed by atoms with Crippen molar-refractivity contribution in [1.29, 1.82) is 0 Å². The molecule has 0 bridgehead atoms. The fraction of sp³-hybridized carbons (Fsp3) is 0.500. The van der Waals surface area contributed by atoms with Gasteiger partial charge in [-0.1, -0.05) is 19.0 Å². The topological polar surface area (TPSA) is 88.8 Å². The van der Waals surface area contributed by atoms with Crippen LogP contribution in [-0.2, 0) is 6.54 Å². The number of nitrogens with zero attached hydrogens (tertiary/aromatic N) is 4. The Balaban J connectivity index is 2.12. The molecule has 102 valence electrons. The minimum Gasteiger partial charge on any atom is -0.373 e. The van der Waals surface area contributed by atoms with Crippen molar-refractivity contribution in [2.45, 2.75) is 33.2 Å². The Morgan fingerprint density at radius 1 is 1.21 bits per heavy atom. The minimum absolute atomic E-state index is 0.263. The number of aryl methyl sites for hydroxylation is 1. The average Bonchev–Trinajstić information content (AvgIpc) is 2.81. The van der Waals surface area contributed by atoms with Gasteiger partial charge in [0.25, 0.3) is 0 Å². The summed E-state index contributed by atoms with van der Waals surface area (Å²) < 4.78 is 5.04. The van der Waals surface area contributed by atoms with Crippen LogP contribution in [-0.4, -0.2) is 27.2 Å². The van der Waals surface area contributed by atoms with Crippen LogP contribution in [0.2, 0.25) is 0 Å². The monoisotopic (exact) mass is 262 g/mol.